The molecule has 76 valence electrons. The van der Waals surface area contributed by atoms with Gasteiger partial charge in [-0.25, -0.2) is 4.98 Å². The van der Waals surface area contributed by atoms with Crippen molar-refractivity contribution in [2.24, 2.45) is 0 Å². The van der Waals surface area contributed by atoms with Gasteiger partial charge in [-0.05, 0) is 18.2 Å². The van der Waals surface area contributed by atoms with E-state index in [9.17, 15) is 13.2 Å². The van der Waals surface area contributed by atoms with Crippen molar-refractivity contribution < 1.29 is 13.2 Å². The van der Waals surface area contributed by atoms with E-state index >= 15 is 0 Å². The van der Waals surface area contributed by atoms with Crippen molar-refractivity contribution in [3.05, 3.63) is 35.7 Å². The summed E-state index contributed by atoms with van der Waals surface area (Å²) in [5.74, 6) is 0.470. The molecule has 0 aliphatic rings. The molecule has 5 heteroatoms. The van der Waals surface area contributed by atoms with Crippen LogP contribution in [0.4, 0.5) is 13.2 Å². The summed E-state index contributed by atoms with van der Waals surface area (Å²) in [4.78, 5) is 3.44. The van der Waals surface area contributed by atoms with Crippen molar-refractivity contribution in [3.63, 3.8) is 0 Å². The van der Waals surface area contributed by atoms with Gasteiger partial charge in [0.25, 0.3) is 0 Å². The van der Waals surface area contributed by atoms with Gasteiger partial charge in [0.1, 0.15) is 5.69 Å². The van der Waals surface area contributed by atoms with Crippen LogP contribution in [0.25, 0.3) is 6.08 Å². The third-order valence-corrected chi connectivity index (χ3v) is 1.67. The number of aromatic nitrogens is 1. The van der Waals surface area contributed by atoms with Gasteiger partial charge in [-0.2, -0.15) is 25.8 Å². The first kappa shape index (κ1) is 11.1. The number of halogens is 3. The molecule has 0 aromatic carbocycles. The molecule has 0 atom stereocenters. The van der Waals surface area contributed by atoms with E-state index in [4.69, 9.17) is 0 Å². The number of hydrogen-bond donors (Lipinski definition) is 1. The summed E-state index contributed by atoms with van der Waals surface area (Å²) in [6.07, 6.45) is -1.25. The van der Waals surface area contributed by atoms with Crippen molar-refractivity contribution in [3.8, 4) is 0 Å². The van der Waals surface area contributed by atoms with E-state index in [1.54, 1.807) is 6.08 Å². The monoisotopic (exact) mass is 219 g/mol. The minimum Gasteiger partial charge on any atom is -0.244 e. The molecule has 0 aliphatic heterocycles. The van der Waals surface area contributed by atoms with Crippen LogP contribution in [0.1, 0.15) is 11.4 Å². The molecule has 0 aliphatic carbocycles. The second-order valence-electron chi connectivity index (χ2n) is 2.53. The molecular weight excluding hydrogens is 211 g/mol. The number of rotatable bonds is 2. The number of pyridine rings is 1. The summed E-state index contributed by atoms with van der Waals surface area (Å²) < 4.78 is 36.6. The van der Waals surface area contributed by atoms with Crippen LogP contribution >= 0.6 is 12.6 Å². The molecule has 0 fully saturated rings. The molecular formula is C9H8F3NS. The quantitative estimate of drug-likeness (QED) is 0.754. The van der Waals surface area contributed by atoms with Crippen molar-refractivity contribution in [2.45, 2.75) is 6.18 Å². The zero-order valence-corrected chi connectivity index (χ0v) is 8.02. The second kappa shape index (κ2) is 4.50. The van der Waals surface area contributed by atoms with Crippen LogP contribution in [0.2, 0.25) is 0 Å². The van der Waals surface area contributed by atoms with Gasteiger partial charge in [-0.3, -0.25) is 0 Å². The molecule has 0 saturated carbocycles. The Kier molecular flexibility index (Phi) is 3.57. The van der Waals surface area contributed by atoms with Crippen LogP contribution < -0.4 is 0 Å². The summed E-state index contributed by atoms with van der Waals surface area (Å²) in [7, 11) is 0. The molecule has 0 amide bonds. The van der Waals surface area contributed by atoms with E-state index in [1.807, 2.05) is 0 Å². The fourth-order valence-corrected chi connectivity index (χ4v) is 0.981. The molecule has 0 saturated heterocycles. The van der Waals surface area contributed by atoms with Gasteiger partial charge in [0, 0.05) is 5.75 Å². The molecule has 0 unspecified atom stereocenters. The maximum Gasteiger partial charge on any atom is 0.433 e. The van der Waals surface area contributed by atoms with Gasteiger partial charge in [0.15, 0.2) is 0 Å². The number of thiol groups is 1. The highest BCUT2D eigenvalue weighted by Crippen LogP contribution is 2.27. The van der Waals surface area contributed by atoms with Crippen molar-refractivity contribution in [2.75, 3.05) is 5.75 Å². The lowest BCUT2D eigenvalue weighted by Gasteiger charge is -2.05. The summed E-state index contributed by atoms with van der Waals surface area (Å²) in [5, 5.41) is 0. The summed E-state index contributed by atoms with van der Waals surface area (Å²) in [6.45, 7) is 0. The summed E-state index contributed by atoms with van der Waals surface area (Å²) >= 11 is 3.90. The molecule has 1 aromatic rings. The largest absolute Gasteiger partial charge is 0.433 e. The second-order valence-corrected chi connectivity index (χ2v) is 2.90. The lowest BCUT2D eigenvalue weighted by molar-refractivity contribution is -0.141. The van der Waals surface area contributed by atoms with Gasteiger partial charge in [0.2, 0.25) is 0 Å². The van der Waals surface area contributed by atoms with Crippen LogP contribution in [-0.2, 0) is 6.18 Å². The maximum atomic E-state index is 12.2. The Morgan fingerprint density at radius 1 is 1.36 bits per heavy atom. The maximum absolute atomic E-state index is 12.2. The van der Waals surface area contributed by atoms with Crippen molar-refractivity contribution >= 4 is 18.7 Å². The third kappa shape index (κ3) is 3.06. The normalized spacial score (nSPS) is 12.3. The average molecular weight is 219 g/mol. The lowest BCUT2D eigenvalue weighted by atomic mass is 10.3. The van der Waals surface area contributed by atoms with E-state index < -0.39 is 11.9 Å². The van der Waals surface area contributed by atoms with Crippen molar-refractivity contribution in [1.82, 2.24) is 4.98 Å². The van der Waals surface area contributed by atoms with E-state index in [0.717, 1.165) is 6.07 Å². The molecule has 1 rings (SSSR count). The van der Waals surface area contributed by atoms with Gasteiger partial charge in [0.05, 0.1) is 5.69 Å². The lowest BCUT2D eigenvalue weighted by Crippen LogP contribution is -2.07. The number of alkyl halides is 3. The van der Waals surface area contributed by atoms with Crippen LogP contribution in [0.5, 0.6) is 0 Å². The molecule has 0 bridgehead atoms. The van der Waals surface area contributed by atoms with E-state index in [-0.39, 0.29) is 5.69 Å². The standard InChI is InChI=1S/C9H8F3NS/c10-9(11,12)8-5-1-3-7(13-8)4-2-6-14/h1-5,14H,6H2. The zero-order chi connectivity index (χ0) is 10.6. The van der Waals surface area contributed by atoms with Gasteiger partial charge >= 0.3 is 6.18 Å². The van der Waals surface area contributed by atoms with E-state index in [0.29, 0.717) is 5.75 Å². The predicted molar refractivity (Wildman–Crippen MR) is 52.1 cm³/mol. The Morgan fingerprint density at radius 3 is 2.64 bits per heavy atom. The molecule has 0 radical (unpaired) electrons. The Morgan fingerprint density at radius 2 is 2.07 bits per heavy atom. The zero-order valence-electron chi connectivity index (χ0n) is 7.12. The SMILES string of the molecule is FC(F)(F)c1cccc(C=CCS)n1. The van der Waals surface area contributed by atoms with Crippen molar-refractivity contribution in [1.29, 1.82) is 0 Å². The van der Waals surface area contributed by atoms with Gasteiger partial charge < -0.3 is 0 Å². The highest BCUT2D eigenvalue weighted by Gasteiger charge is 2.32. The highest BCUT2D eigenvalue weighted by molar-refractivity contribution is 7.80. The molecule has 1 aromatic heterocycles. The Hall–Kier alpha value is -0.970. The van der Waals surface area contributed by atoms with E-state index in [2.05, 4.69) is 17.6 Å². The fourth-order valence-electron chi connectivity index (χ4n) is 0.876. The fraction of sp³-hybridized carbons (Fsp3) is 0.222. The first-order chi connectivity index (χ1) is 6.54. The van der Waals surface area contributed by atoms with Gasteiger partial charge in [-0.15, -0.1) is 0 Å². The van der Waals surface area contributed by atoms with Gasteiger partial charge in [-0.1, -0.05) is 12.1 Å². The first-order valence-corrected chi connectivity index (χ1v) is 4.49. The van der Waals surface area contributed by atoms with Crippen LogP contribution in [0.15, 0.2) is 24.3 Å². The third-order valence-electron chi connectivity index (χ3n) is 1.46. The van der Waals surface area contributed by atoms with Crippen LogP contribution in [-0.4, -0.2) is 10.7 Å². The predicted octanol–water partition coefficient (Wildman–Crippen LogP) is 3.04. The number of hydrogen-bond acceptors (Lipinski definition) is 2. The highest BCUT2D eigenvalue weighted by atomic mass is 32.1. The molecule has 14 heavy (non-hydrogen) atoms. The Labute approximate surface area is 85.1 Å². The molecule has 0 spiro atoms. The van der Waals surface area contributed by atoms with Crippen LogP contribution in [0.3, 0.4) is 0 Å². The molecule has 0 N–H and O–H groups in total. The minimum absolute atomic E-state index is 0.286. The van der Waals surface area contributed by atoms with E-state index in [1.165, 1.54) is 18.2 Å². The van der Waals surface area contributed by atoms with Crippen LogP contribution in [0, 0.1) is 0 Å². The summed E-state index contributed by atoms with van der Waals surface area (Å²) in [6, 6.07) is 3.78. The number of nitrogens with zero attached hydrogens (tertiary/aromatic N) is 1. The molecule has 1 nitrogen and oxygen atoms in total. The minimum atomic E-state index is -4.38. The Bertz CT molecular complexity index is 333. The first-order valence-electron chi connectivity index (χ1n) is 3.85. The Balaban J connectivity index is 2.96. The average Bonchev–Trinajstić information content (AvgIpc) is 2.14. The topological polar surface area (TPSA) is 12.9 Å². The smallest absolute Gasteiger partial charge is 0.244 e. The summed E-state index contributed by atoms with van der Waals surface area (Å²) in [5.41, 5.74) is -0.590. The molecule has 1 heterocycles.